The molecule has 1 amide bonds. The highest BCUT2D eigenvalue weighted by molar-refractivity contribution is 5.92. The van der Waals surface area contributed by atoms with Crippen molar-refractivity contribution in [2.45, 2.75) is 6.54 Å². The summed E-state index contributed by atoms with van der Waals surface area (Å²) in [6.45, 7) is 0.178. The lowest BCUT2D eigenvalue weighted by atomic mass is 10.2. The van der Waals surface area contributed by atoms with Gasteiger partial charge in [-0.3, -0.25) is 9.59 Å². The molecule has 29 heavy (non-hydrogen) atoms. The molecular weight excluding hydrogens is 375 g/mol. The van der Waals surface area contributed by atoms with Gasteiger partial charge >= 0.3 is 0 Å². The average molecular weight is 390 g/mol. The zero-order valence-electron chi connectivity index (χ0n) is 15.1. The van der Waals surface area contributed by atoms with Crippen molar-refractivity contribution in [2.24, 2.45) is 0 Å². The molecule has 0 aliphatic rings. The number of aromatic amines is 1. The number of para-hydroxylation sites is 1. The van der Waals surface area contributed by atoms with Crippen LogP contribution in [0.15, 0.2) is 71.7 Å². The summed E-state index contributed by atoms with van der Waals surface area (Å²) < 4.78 is 18.6. The maximum absolute atomic E-state index is 13.0. The normalized spacial score (nSPS) is 10.7. The Hall–Kier alpha value is -4.07. The number of nitrogens with zero attached hydrogens (tertiary/aromatic N) is 2. The van der Waals surface area contributed by atoms with Crippen LogP contribution in [0.5, 0.6) is 11.6 Å². The Labute approximate surface area is 164 Å². The van der Waals surface area contributed by atoms with Gasteiger partial charge in [0.05, 0.1) is 10.9 Å². The molecule has 0 atom stereocenters. The molecule has 0 aliphatic carbocycles. The predicted octanol–water partition coefficient (Wildman–Crippen LogP) is 3.18. The number of hydrogen-bond acceptors (Lipinski definition) is 5. The summed E-state index contributed by atoms with van der Waals surface area (Å²) >= 11 is 0. The molecule has 4 rings (SSSR count). The first-order chi connectivity index (χ1) is 14.1. The van der Waals surface area contributed by atoms with Crippen LogP contribution >= 0.6 is 0 Å². The molecule has 2 heterocycles. The summed E-state index contributed by atoms with van der Waals surface area (Å²) in [5.74, 6) is -0.183. The highest BCUT2D eigenvalue weighted by Crippen LogP contribution is 2.20. The van der Waals surface area contributed by atoms with E-state index >= 15 is 0 Å². The summed E-state index contributed by atoms with van der Waals surface area (Å²) in [5, 5.41) is 3.12. The monoisotopic (exact) mass is 390 g/mol. The van der Waals surface area contributed by atoms with Crippen LogP contribution in [0.1, 0.15) is 16.2 Å². The van der Waals surface area contributed by atoms with E-state index in [1.165, 1.54) is 30.5 Å². The summed E-state index contributed by atoms with van der Waals surface area (Å²) in [6.07, 6.45) is 1.54. The van der Waals surface area contributed by atoms with Crippen molar-refractivity contribution in [3.63, 3.8) is 0 Å². The van der Waals surface area contributed by atoms with E-state index in [-0.39, 0.29) is 23.7 Å². The number of carbonyl (C=O) groups is 1. The molecule has 0 radical (unpaired) electrons. The molecule has 0 aliphatic heterocycles. The Morgan fingerprint density at radius 1 is 1.10 bits per heavy atom. The minimum Gasteiger partial charge on any atom is -0.439 e. The van der Waals surface area contributed by atoms with Crippen LogP contribution in [-0.2, 0) is 6.54 Å². The standard InChI is InChI=1S/C21H15FN4O3/c22-14-5-7-15(8-6-14)29-18-11-13(9-10-23-18)12-24-21(28)19-25-17-4-2-1-3-16(17)20(27)26-19/h1-11H,12H2,(H,24,28)(H,25,26,27). The highest BCUT2D eigenvalue weighted by Gasteiger charge is 2.11. The van der Waals surface area contributed by atoms with Gasteiger partial charge in [-0.15, -0.1) is 0 Å². The smallest absolute Gasteiger partial charge is 0.287 e. The summed E-state index contributed by atoms with van der Waals surface area (Å²) in [6, 6.07) is 15.7. The van der Waals surface area contributed by atoms with Gasteiger partial charge < -0.3 is 15.0 Å². The van der Waals surface area contributed by atoms with E-state index in [1.54, 1.807) is 36.4 Å². The summed E-state index contributed by atoms with van der Waals surface area (Å²) in [4.78, 5) is 35.3. The largest absolute Gasteiger partial charge is 0.439 e. The molecule has 0 spiro atoms. The molecular formula is C21H15FN4O3. The molecule has 8 heteroatoms. The second-order valence-corrected chi connectivity index (χ2v) is 6.17. The van der Waals surface area contributed by atoms with E-state index < -0.39 is 5.91 Å². The quantitative estimate of drug-likeness (QED) is 0.546. The van der Waals surface area contributed by atoms with Gasteiger partial charge in [-0.1, -0.05) is 12.1 Å². The molecule has 0 saturated heterocycles. The van der Waals surface area contributed by atoms with Crippen LogP contribution in [0.2, 0.25) is 0 Å². The number of hydrogen-bond donors (Lipinski definition) is 2. The number of rotatable bonds is 5. The fraction of sp³-hybridized carbons (Fsp3) is 0.0476. The van der Waals surface area contributed by atoms with Gasteiger partial charge in [-0.05, 0) is 48.0 Å². The van der Waals surface area contributed by atoms with Crippen molar-refractivity contribution in [1.82, 2.24) is 20.3 Å². The number of ether oxygens (including phenoxy) is 1. The SMILES string of the molecule is O=C(NCc1ccnc(Oc2ccc(F)cc2)c1)c1nc2ccccc2c(=O)[nH]1. The maximum atomic E-state index is 13.0. The van der Waals surface area contributed by atoms with Crippen LogP contribution in [0.3, 0.4) is 0 Å². The third-order valence-electron chi connectivity index (χ3n) is 4.12. The summed E-state index contributed by atoms with van der Waals surface area (Å²) in [5.41, 5.74) is 0.800. The molecule has 2 N–H and O–H groups in total. The van der Waals surface area contributed by atoms with Crippen LogP contribution in [0, 0.1) is 5.82 Å². The zero-order valence-corrected chi connectivity index (χ0v) is 15.1. The molecule has 4 aromatic rings. The van der Waals surface area contributed by atoms with Crippen molar-refractivity contribution >= 4 is 16.8 Å². The lowest BCUT2D eigenvalue weighted by Crippen LogP contribution is -2.27. The molecule has 0 bridgehead atoms. The van der Waals surface area contributed by atoms with E-state index in [1.807, 2.05) is 0 Å². The van der Waals surface area contributed by atoms with Gasteiger partial charge in [0.15, 0.2) is 5.82 Å². The van der Waals surface area contributed by atoms with Gasteiger partial charge in [0.25, 0.3) is 11.5 Å². The lowest BCUT2D eigenvalue weighted by Gasteiger charge is -2.08. The van der Waals surface area contributed by atoms with E-state index in [0.717, 1.165) is 5.56 Å². The second kappa shape index (κ2) is 7.89. The first-order valence-corrected chi connectivity index (χ1v) is 8.74. The van der Waals surface area contributed by atoms with Crippen molar-refractivity contribution < 1.29 is 13.9 Å². The van der Waals surface area contributed by atoms with E-state index in [0.29, 0.717) is 22.5 Å². The Kier molecular flexibility index (Phi) is 4.98. The van der Waals surface area contributed by atoms with Crippen LogP contribution in [0.4, 0.5) is 4.39 Å². The first kappa shape index (κ1) is 18.3. The topological polar surface area (TPSA) is 97.0 Å². The highest BCUT2D eigenvalue weighted by atomic mass is 19.1. The Morgan fingerprint density at radius 2 is 1.90 bits per heavy atom. The number of H-pyrrole nitrogens is 1. The molecule has 2 aromatic heterocycles. The van der Waals surface area contributed by atoms with Crippen molar-refractivity contribution in [3.8, 4) is 11.6 Å². The van der Waals surface area contributed by atoms with Crippen LogP contribution in [-0.4, -0.2) is 20.9 Å². The molecule has 0 fully saturated rings. The third kappa shape index (κ3) is 4.27. The third-order valence-corrected chi connectivity index (χ3v) is 4.12. The van der Waals surface area contributed by atoms with Crippen molar-refractivity contribution in [2.75, 3.05) is 0 Å². The Morgan fingerprint density at radius 3 is 2.72 bits per heavy atom. The van der Waals surface area contributed by atoms with E-state index in [9.17, 15) is 14.0 Å². The van der Waals surface area contributed by atoms with E-state index in [4.69, 9.17) is 4.74 Å². The van der Waals surface area contributed by atoms with Crippen molar-refractivity contribution in [3.05, 3.63) is 94.4 Å². The van der Waals surface area contributed by atoms with Gasteiger partial charge in [0.2, 0.25) is 5.88 Å². The Bertz CT molecular complexity index is 1240. The maximum Gasteiger partial charge on any atom is 0.287 e. The minimum atomic E-state index is -0.509. The van der Waals surface area contributed by atoms with Gasteiger partial charge in [0, 0.05) is 18.8 Å². The number of amides is 1. The minimum absolute atomic E-state index is 0.0643. The van der Waals surface area contributed by atoms with Gasteiger partial charge in [-0.2, -0.15) is 0 Å². The molecule has 144 valence electrons. The molecule has 2 aromatic carbocycles. The molecule has 7 nitrogen and oxygen atoms in total. The number of nitrogens with one attached hydrogen (secondary N) is 2. The number of aromatic nitrogens is 3. The first-order valence-electron chi connectivity index (χ1n) is 8.74. The lowest BCUT2D eigenvalue weighted by molar-refractivity contribution is 0.0940. The molecule has 0 saturated carbocycles. The van der Waals surface area contributed by atoms with E-state index in [2.05, 4.69) is 20.3 Å². The van der Waals surface area contributed by atoms with Gasteiger partial charge in [0.1, 0.15) is 11.6 Å². The fourth-order valence-corrected chi connectivity index (χ4v) is 2.70. The number of fused-ring (bicyclic) bond motifs is 1. The van der Waals surface area contributed by atoms with Crippen LogP contribution in [0.25, 0.3) is 10.9 Å². The second-order valence-electron chi connectivity index (χ2n) is 6.17. The Balaban J connectivity index is 1.45. The average Bonchev–Trinajstić information content (AvgIpc) is 2.74. The number of carbonyl (C=O) groups excluding carboxylic acids is 1. The molecule has 0 unspecified atom stereocenters. The zero-order chi connectivity index (χ0) is 20.2. The van der Waals surface area contributed by atoms with Crippen LogP contribution < -0.4 is 15.6 Å². The summed E-state index contributed by atoms with van der Waals surface area (Å²) in [7, 11) is 0. The van der Waals surface area contributed by atoms with Gasteiger partial charge in [-0.25, -0.2) is 14.4 Å². The fourth-order valence-electron chi connectivity index (χ4n) is 2.70. The number of halogens is 1. The predicted molar refractivity (Wildman–Crippen MR) is 104 cm³/mol. The number of benzene rings is 2. The van der Waals surface area contributed by atoms with Crippen molar-refractivity contribution in [1.29, 1.82) is 0 Å². The number of pyridine rings is 1.